The molecule has 3 heterocycles. The minimum absolute atomic E-state index is 0.0351. The minimum Gasteiger partial charge on any atom is -0.446 e. The Hall–Kier alpha value is -4.08. The molecule has 0 spiro atoms. The number of nitrogens with one attached hydrogen (secondary N) is 2. The molecular formula is C30H34N6O3. The first kappa shape index (κ1) is 26.5. The van der Waals surface area contributed by atoms with Gasteiger partial charge < -0.3 is 4.42 Å². The fourth-order valence-electron chi connectivity index (χ4n) is 4.80. The minimum atomic E-state index is -0.481. The van der Waals surface area contributed by atoms with Crippen LogP contribution in [0.15, 0.2) is 87.4 Å². The van der Waals surface area contributed by atoms with E-state index in [1.54, 1.807) is 0 Å². The molecule has 2 aliphatic heterocycles. The van der Waals surface area contributed by atoms with Crippen molar-refractivity contribution < 1.29 is 14.0 Å². The van der Waals surface area contributed by atoms with Crippen molar-refractivity contribution in [2.24, 2.45) is 10.2 Å². The maximum absolute atomic E-state index is 12.5. The van der Waals surface area contributed by atoms with Crippen LogP contribution in [0.3, 0.4) is 0 Å². The van der Waals surface area contributed by atoms with E-state index in [4.69, 9.17) is 4.42 Å². The standard InChI is InChI=1S/C30H34N6O3/c37-29(33-31-25-13-17-35(18-14-25)21-23-7-3-1-4-8-23)27-11-12-28(39-27)30(38)34-32-26-15-19-36(20-16-26)22-24-9-5-2-6-10-24/h1-12H,13-22H2,(H,33,37)(H,34,38). The van der Waals surface area contributed by atoms with Crippen molar-refractivity contribution in [2.45, 2.75) is 38.8 Å². The number of hydrogen-bond acceptors (Lipinski definition) is 7. The third kappa shape index (κ3) is 7.72. The maximum Gasteiger partial charge on any atom is 0.307 e. The lowest BCUT2D eigenvalue weighted by atomic mass is 10.1. The van der Waals surface area contributed by atoms with Gasteiger partial charge in [0.2, 0.25) is 0 Å². The molecule has 5 rings (SSSR count). The van der Waals surface area contributed by atoms with Crippen LogP contribution in [-0.4, -0.2) is 59.2 Å². The van der Waals surface area contributed by atoms with E-state index < -0.39 is 11.8 Å². The summed E-state index contributed by atoms with van der Waals surface area (Å²) in [6, 6.07) is 23.7. The van der Waals surface area contributed by atoms with Gasteiger partial charge >= 0.3 is 11.8 Å². The van der Waals surface area contributed by atoms with Gasteiger partial charge in [-0.3, -0.25) is 19.4 Å². The van der Waals surface area contributed by atoms with Gasteiger partial charge in [0.25, 0.3) is 0 Å². The third-order valence-corrected chi connectivity index (χ3v) is 7.05. The van der Waals surface area contributed by atoms with E-state index in [1.807, 2.05) is 12.1 Å². The van der Waals surface area contributed by atoms with Crippen LogP contribution in [0, 0.1) is 0 Å². The largest absolute Gasteiger partial charge is 0.446 e. The molecule has 3 aromatic rings. The summed E-state index contributed by atoms with van der Waals surface area (Å²) in [5.74, 6) is -0.892. The fourth-order valence-corrected chi connectivity index (χ4v) is 4.80. The highest BCUT2D eigenvalue weighted by atomic mass is 16.4. The molecule has 9 heteroatoms. The predicted molar refractivity (Wildman–Crippen MR) is 150 cm³/mol. The second kappa shape index (κ2) is 13.1. The van der Waals surface area contributed by atoms with Crippen LogP contribution in [0.5, 0.6) is 0 Å². The van der Waals surface area contributed by atoms with Crippen molar-refractivity contribution in [1.82, 2.24) is 20.7 Å². The molecule has 2 aromatic carbocycles. The SMILES string of the molecule is O=C(NN=C1CCN(Cc2ccccc2)CC1)c1ccc(C(=O)NN=C2CCN(Cc3ccccc3)CC2)o1. The molecule has 202 valence electrons. The highest BCUT2D eigenvalue weighted by Crippen LogP contribution is 2.14. The molecule has 0 radical (unpaired) electrons. The van der Waals surface area contributed by atoms with Gasteiger partial charge in [-0.15, -0.1) is 0 Å². The molecule has 0 unspecified atom stereocenters. The van der Waals surface area contributed by atoms with Gasteiger partial charge in [-0.1, -0.05) is 60.7 Å². The molecule has 0 bridgehead atoms. The zero-order valence-electron chi connectivity index (χ0n) is 22.0. The van der Waals surface area contributed by atoms with E-state index >= 15 is 0 Å². The van der Waals surface area contributed by atoms with Crippen molar-refractivity contribution in [3.8, 4) is 0 Å². The summed E-state index contributed by atoms with van der Waals surface area (Å²) in [5, 5.41) is 8.58. The lowest BCUT2D eigenvalue weighted by Gasteiger charge is -2.27. The number of nitrogens with zero attached hydrogens (tertiary/aromatic N) is 4. The molecule has 0 atom stereocenters. The number of furan rings is 1. The van der Waals surface area contributed by atoms with E-state index in [9.17, 15) is 9.59 Å². The summed E-state index contributed by atoms with van der Waals surface area (Å²) >= 11 is 0. The van der Waals surface area contributed by atoms with Gasteiger partial charge in [-0.25, -0.2) is 10.9 Å². The number of hydrogen-bond donors (Lipinski definition) is 2. The Morgan fingerprint density at radius 3 is 1.38 bits per heavy atom. The molecule has 0 saturated carbocycles. The van der Waals surface area contributed by atoms with Crippen LogP contribution in [0.4, 0.5) is 0 Å². The number of piperidine rings is 2. The maximum atomic E-state index is 12.5. The normalized spacial score (nSPS) is 16.5. The van der Waals surface area contributed by atoms with Gasteiger partial charge in [0.15, 0.2) is 11.5 Å². The van der Waals surface area contributed by atoms with E-state index in [1.165, 1.54) is 23.3 Å². The van der Waals surface area contributed by atoms with E-state index in [2.05, 4.69) is 79.4 Å². The third-order valence-electron chi connectivity index (χ3n) is 7.05. The highest BCUT2D eigenvalue weighted by molar-refractivity contribution is 5.97. The number of amides is 2. The zero-order valence-corrected chi connectivity index (χ0v) is 22.0. The van der Waals surface area contributed by atoms with E-state index in [-0.39, 0.29) is 11.5 Å². The van der Waals surface area contributed by atoms with Crippen LogP contribution in [0.25, 0.3) is 0 Å². The summed E-state index contributed by atoms with van der Waals surface area (Å²) in [6.07, 6.45) is 3.18. The Morgan fingerprint density at radius 2 is 1.00 bits per heavy atom. The molecular weight excluding hydrogens is 492 g/mol. The van der Waals surface area contributed by atoms with Gasteiger partial charge in [-0.2, -0.15) is 10.2 Å². The molecule has 2 fully saturated rings. The lowest BCUT2D eigenvalue weighted by Crippen LogP contribution is -2.34. The second-order valence-corrected chi connectivity index (χ2v) is 9.93. The average molecular weight is 527 g/mol. The number of carbonyl (C=O) groups excluding carboxylic acids is 2. The van der Waals surface area contributed by atoms with Crippen LogP contribution < -0.4 is 10.9 Å². The summed E-state index contributed by atoms with van der Waals surface area (Å²) in [5.41, 5.74) is 9.60. The number of hydrazone groups is 2. The smallest absolute Gasteiger partial charge is 0.307 e. The highest BCUT2D eigenvalue weighted by Gasteiger charge is 2.19. The number of rotatable bonds is 8. The summed E-state index contributed by atoms with van der Waals surface area (Å²) in [7, 11) is 0. The van der Waals surface area contributed by atoms with Gasteiger partial charge in [0.05, 0.1) is 0 Å². The van der Waals surface area contributed by atoms with Crippen molar-refractivity contribution in [3.63, 3.8) is 0 Å². The quantitative estimate of drug-likeness (QED) is 0.431. The molecule has 1 aromatic heterocycles. The summed E-state index contributed by atoms with van der Waals surface area (Å²) < 4.78 is 5.47. The molecule has 2 amide bonds. The van der Waals surface area contributed by atoms with Gasteiger partial charge in [-0.05, 0) is 23.3 Å². The first-order chi connectivity index (χ1) is 19.1. The van der Waals surface area contributed by atoms with Crippen molar-refractivity contribution in [2.75, 3.05) is 26.2 Å². The molecule has 39 heavy (non-hydrogen) atoms. The topological polar surface area (TPSA) is 103 Å². The van der Waals surface area contributed by atoms with Gasteiger partial charge in [0, 0.05) is 76.4 Å². The van der Waals surface area contributed by atoms with Crippen LogP contribution in [0.2, 0.25) is 0 Å². The van der Waals surface area contributed by atoms with Crippen molar-refractivity contribution in [3.05, 3.63) is 95.4 Å². The van der Waals surface area contributed by atoms with E-state index in [0.717, 1.165) is 76.4 Å². The first-order valence-corrected chi connectivity index (χ1v) is 13.5. The molecule has 9 nitrogen and oxygen atoms in total. The Labute approximate surface area is 228 Å². The van der Waals surface area contributed by atoms with Crippen molar-refractivity contribution in [1.29, 1.82) is 0 Å². The summed E-state index contributed by atoms with van der Waals surface area (Å²) in [6.45, 7) is 5.39. The summed E-state index contributed by atoms with van der Waals surface area (Å²) in [4.78, 5) is 29.8. The number of benzene rings is 2. The predicted octanol–water partition coefficient (Wildman–Crippen LogP) is 4.04. The fraction of sp³-hybridized carbons (Fsp3) is 0.333. The first-order valence-electron chi connectivity index (χ1n) is 13.5. The van der Waals surface area contributed by atoms with Crippen LogP contribution >= 0.6 is 0 Å². The molecule has 2 saturated heterocycles. The molecule has 2 aliphatic rings. The Kier molecular flexibility index (Phi) is 8.93. The Bertz CT molecular complexity index is 1200. The van der Waals surface area contributed by atoms with Crippen molar-refractivity contribution >= 4 is 23.2 Å². The Morgan fingerprint density at radius 1 is 0.615 bits per heavy atom. The number of likely N-dealkylation sites (tertiary alicyclic amines) is 2. The van der Waals surface area contributed by atoms with Crippen LogP contribution in [0.1, 0.15) is 57.9 Å². The molecule has 2 N–H and O–H groups in total. The average Bonchev–Trinajstić information content (AvgIpc) is 3.48. The zero-order chi connectivity index (χ0) is 26.9. The second-order valence-electron chi connectivity index (χ2n) is 9.93. The lowest BCUT2D eigenvalue weighted by molar-refractivity contribution is 0.0901. The molecule has 0 aliphatic carbocycles. The van der Waals surface area contributed by atoms with Crippen LogP contribution in [-0.2, 0) is 13.1 Å². The number of carbonyl (C=O) groups is 2. The monoisotopic (exact) mass is 526 g/mol. The Balaban J connectivity index is 1.04. The van der Waals surface area contributed by atoms with E-state index in [0.29, 0.717) is 0 Å². The van der Waals surface area contributed by atoms with Gasteiger partial charge in [0.1, 0.15) is 0 Å².